The first-order chi connectivity index (χ1) is 11.5. The van der Waals surface area contributed by atoms with E-state index in [-0.39, 0.29) is 16.2 Å². The molecule has 0 unspecified atom stereocenters. The zero-order valence-corrected chi connectivity index (χ0v) is 17.8. The van der Waals surface area contributed by atoms with Crippen LogP contribution < -0.4 is 5.46 Å². The standard InChI is InChI=1S/C23H26BBr/c1-13-7-15-19(17(24)9-13)23(11-21(15,3)4)12-22(5,6)16-8-14(2)10-18(25)20(16)23/h7-10H,11-12H2,1-6H3/t23-/m1/s1. The maximum atomic E-state index is 6.66. The molecule has 0 N–H and O–H groups in total. The zero-order valence-electron chi connectivity index (χ0n) is 16.2. The van der Waals surface area contributed by atoms with E-state index in [2.05, 4.69) is 81.7 Å². The van der Waals surface area contributed by atoms with Crippen molar-refractivity contribution in [3.8, 4) is 0 Å². The Kier molecular flexibility index (Phi) is 3.50. The Hall–Kier alpha value is -1.02. The van der Waals surface area contributed by atoms with E-state index in [1.807, 2.05) is 0 Å². The van der Waals surface area contributed by atoms with E-state index in [0.29, 0.717) is 0 Å². The van der Waals surface area contributed by atoms with Gasteiger partial charge in [0.1, 0.15) is 7.85 Å². The van der Waals surface area contributed by atoms with Crippen molar-refractivity contribution >= 4 is 29.2 Å². The summed E-state index contributed by atoms with van der Waals surface area (Å²) in [6.07, 6.45) is 2.25. The van der Waals surface area contributed by atoms with E-state index in [4.69, 9.17) is 7.85 Å². The largest absolute Gasteiger partial charge is 0.114 e. The molecule has 2 radical (unpaired) electrons. The molecule has 0 fully saturated rings. The van der Waals surface area contributed by atoms with Crippen LogP contribution in [0.25, 0.3) is 0 Å². The molecular formula is C23H26BBr. The molecule has 1 spiro atoms. The molecule has 0 saturated carbocycles. The number of halogens is 1. The Bertz CT molecular complexity index is 829. The molecule has 2 aliphatic carbocycles. The van der Waals surface area contributed by atoms with Crippen molar-refractivity contribution in [1.82, 2.24) is 0 Å². The molecule has 0 bridgehead atoms. The molecule has 0 amide bonds. The summed E-state index contributed by atoms with van der Waals surface area (Å²) in [6, 6.07) is 9.20. The van der Waals surface area contributed by atoms with Crippen LogP contribution in [0.5, 0.6) is 0 Å². The van der Waals surface area contributed by atoms with Gasteiger partial charge >= 0.3 is 0 Å². The molecule has 2 aromatic rings. The lowest BCUT2D eigenvalue weighted by Crippen LogP contribution is -2.31. The highest BCUT2D eigenvalue weighted by Crippen LogP contribution is 2.63. The molecule has 128 valence electrons. The summed E-state index contributed by atoms with van der Waals surface area (Å²) >= 11 is 3.92. The molecule has 1 atom stereocenters. The molecule has 0 aromatic heterocycles. The highest BCUT2D eigenvalue weighted by molar-refractivity contribution is 9.10. The highest BCUT2D eigenvalue weighted by atomic mass is 79.9. The molecule has 4 rings (SSSR count). The fraction of sp³-hybridized carbons (Fsp3) is 0.478. The van der Waals surface area contributed by atoms with Gasteiger partial charge in [-0.2, -0.15) is 0 Å². The molecule has 0 aliphatic heterocycles. The number of hydrogen-bond acceptors (Lipinski definition) is 0. The van der Waals surface area contributed by atoms with Gasteiger partial charge in [-0.05, 0) is 71.4 Å². The van der Waals surface area contributed by atoms with Crippen LogP contribution in [-0.4, -0.2) is 7.85 Å². The predicted molar refractivity (Wildman–Crippen MR) is 112 cm³/mol. The van der Waals surface area contributed by atoms with Crippen LogP contribution in [0.4, 0.5) is 0 Å². The Morgan fingerprint density at radius 3 is 1.84 bits per heavy atom. The van der Waals surface area contributed by atoms with Crippen molar-refractivity contribution in [2.45, 2.75) is 70.6 Å². The van der Waals surface area contributed by atoms with Gasteiger partial charge in [-0.25, -0.2) is 0 Å². The first-order valence-corrected chi connectivity index (χ1v) is 9.99. The van der Waals surface area contributed by atoms with E-state index in [0.717, 1.165) is 18.3 Å². The Balaban J connectivity index is 2.11. The summed E-state index contributed by atoms with van der Waals surface area (Å²) in [6.45, 7) is 13.9. The second kappa shape index (κ2) is 5.03. The van der Waals surface area contributed by atoms with Crippen molar-refractivity contribution in [2.75, 3.05) is 0 Å². The Morgan fingerprint density at radius 2 is 1.28 bits per heavy atom. The average Bonchev–Trinajstić information content (AvgIpc) is 2.77. The van der Waals surface area contributed by atoms with Crippen molar-refractivity contribution in [3.05, 3.63) is 62.1 Å². The highest BCUT2D eigenvalue weighted by Gasteiger charge is 2.57. The summed E-state index contributed by atoms with van der Waals surface area (Å²) in [5.74, 6) is 0. The van der Waals surface area contributed by atoms with Gasteiger partial charge in [-0.15, -0.1) is 0 Å². The maximum absolute atomic E-state index is 6.66. The topological polar surface area (TPSA) is 0 Å². The van der Waals surface area contributed by atoms with Gasteiger partial charge in [0.05, 0.1) is 0 Å². The van der Waals surface area contributed by atoms with Crippen LogP contribution in [0.1, 0.15) is 73.9 Å². The minimum absolute atomic E-state index is 0.0159. The fourth-order valence-corrected chi connectivity index (χ4v) is 6.84. The molecule has 0 saturated heterocycles. The SMILES string of the molecule is [B]c1cc(C)cc2c1[C@@]1(CC2(C)C)CC(C)(C)c2cc(C)cc(Br)c21. The quantitative estimate of drug-likeness (QED) is 0.518. The maximum Gasteiger partial charge on any atom is 0.114 e. The van der Waals surface area contributed by atoms with Gasteiger partial charge in [0.15, 0.2) is 0 Å². The average molecular weight is 393 g/mol. The van der Waals surface area contributed by atoms with Crippen LogP contribution in [0.3, 0.4) is 0 Å². The number of benzene rings is 2. The summed E-state index contributed by atoms with van der Waals surface area (Å²) < 4.78 is 1.25. The Morgan fingerprint density at radius 1 is 0.800 bits per heavy atom. The van der Waals surface area contributed by atoms with Crippen LogP contribution in [0.15, 0.2) is 28.7 Å². The van der Waals surface area contributed by atoms with Crippen molar-refractivity contribution in [2.24, 2.45) is 0 Å². The molecule has 2 aliphatic rings. The summed E-state index contributed by atoms with van der Waals surface area (Å²) in [5, 5.41) is 0. The number of fused-ring (bicyclic) bond motifs is 4. The first kappa shape index (κ1) is 17.4. The zero-order chi connectivity index (χ0) is 18.4. The minimum atomic E-state index is 0.0159. The van der Waals surface area contributed by atoms with Crippen LogP contribution in [0.2, 0.25) is 0 Å². The van der Waals surface area contributed by atoms with Crippen molar-refractivity contribution in [3.63, 3.8) is 0 Å². The molecule has 2 heteroatoms. The van der Waals surface area contributed by atoms with E-state index >= 15 is 0 Å². The second-order valence-corrected chi connectivity index (χ2v) is 10.5. The molecule has 0 nitrogen and oxygen atoms in total. The third-order valence-corrected chi connectivity index (χ3v) is 7.08. The minimum Gasteiger partial charge on any atom is -0.0921 e. The first-order valence-electron chi connectivity index (χ1n) is 9.20. The van der Waals surface area contributed by atoms with Crippen LogP contribution in [-0.2, 0) is 16.2 Å². The number of rotatable bonds is 0. The van der Waals surface area contributed by atoms with Gasteiger partial charge in [0.2, 0.25) is 0 Å². The van der Waals surface area contributed by atoms with Gasteiger partial charge < -0.3 is 0 Å². The molecule has 25 heavy (non-hydrogen) atoms. The normalized spacial score (nSPS) is 25.2. The van der Waals surface area contributed by atoms with Gasteiger partial charge in [0.25, 0.3) is 0 Å². The van der Waals surface area contributed by atoms with Crippen molar-refractivity contribution < 1.29 is 0 Å². The molecule has 0 heterocycles. The fourth-order valence-electron chi connectivity index (χ4n) is 5.89. The van der Waals surface area contributed by atoms with Crippen LogP contribution >= 0.6 is 15.9 Å². The van der Waals surface area contributed by atoms with E-state index in [1.165, 1.54) is 37.9 Å². The van der Waals surface area contributed by atoms with Crippen LogP contribution in [0, 0.1) is 13.8 Å². The lowest BCUT2D eigenvalue weighted by atomic mass is 9.69. The summed E-state index contributed by atoms with van der Waals surface area (Å²) in [7, 11) is 6.66. The molecular weight excluding hydrogens is 367 g/mol. The summed E-state index contributed by atoms with van der Waals surface area (Å²) in [5.41, 5.74) is 9.66. The van der Waals surface area contributed by atoms with Gasteiger partial charge in [-0.3, -0.25) is 0 Å². The lowest BCUT2D eigenvalue weighted by molar-refractivity contribution is 0.350. The van der Waals surface area contributed by atoms with E-state index in [1.54, 1.807) is 0 Å². The predicted octanol–water partition coefficient (Wildman–Crippen LogP) is 5.51. The van der Waals surface area contributed by atoms with Gasteiger partial charge in [-0.1, -0.05) is 72.9 Å². The molecule has 2 aromatic carbocycles. The number of aryl methyl sites for hydroxylation is 2. The second-order valence-electron chi connectivity index (χ2n) is 9.65. The van der Waals surface area contributed by atoms with Gasteiger partial charge in [0, 0.05) is 9.89 Å². The lowest BCUT2D eigenvalue weighted by Gasteiger charge is -2.32. The van der Waals surface area contributed by atoms with E-state index < -0.39 is 0 Å². The van der Waals surface area contributed by atoms with E-state index in [9.17, 15) is 0 Å². The third-order valence-electron chi connectivity index (χ3n) is 6.45. The Labute approximate surface area is 162 Å². The van der Waals surface area contributed by atoms with Crippen molar-refractivity contribution in [1.29, 1.82) is 0 Å². The summed E-state index contributed by atoms with van der Waals surface area (Å²) in [4.78, 5) is 0. The smallest absolute Gasteiger partial charge is 0.0921 e. The number of hydrogen-bond donors (Lipinski definition) is 0. The monoisotopic (exact) mass is 392 g/mol. The third kappa shape index (κ3) is 2.26.